The Morgan fingerprint density at radius 3 is 1.56 bits per heavy atom. The lowest BCUT2D eigenvalue weighted by molar-refractivity contribution is 0.0548. The van der Waals surface area contributed by atoms with Crippen LogP contribution in [0, 0.1) is 0 Å². The first kappa shape index (κ1) is 25.3. The fraction of sp³-hybridized carbons (Fsp3) is 0.375. The van der Waals surface area contributed by atoms with Crippen molar-refractivity contribution in [1.29, 1.82) is 0 Å². The molecule has 0 bridgehead atoms. The third-order valence-corrected chi connectivity index (χ3v) is 10.3. The van der Waals surface area contributed by atoms with Gasteiger partial charge in [0.15, 0.2) is 0 Å². The molecule has 1 saturated carbocycles. The summed E-state index contributed by atoms with van der Waals surface area (Å²) in [6.45, 7) is 0. The first-order chi connectivity index (χ1) is 18.9. The zero-order valence-electron chi connectivity index (χ0n) is 22.1. The molecule has 39 heavy (non-hydrogen) atoms. The molecular formula is C32H29Br2NO4. The Morgan fingerprint density at radius 1 is 0.667 bits per heavy atom. The molecule has 0 saturated heterocycles. The summed E-state index contributed by atoms with van der Waals surface area (Å²) >= 11 is 7.34. The van der Waals surface area contributed by atoms with E-state index in [9.17, 15) is 9.59 Å². The number of nitrogens with zero attached hydrogens (tertiary/aromatic N) is 1. The molecule has 1 heterocycles. The molecule has 3 aromatic rings. The van der Waals surface area contributed by atoms with E-state index in [1.54, 1.807) is 19.1 Å². The smallest absolute Gasteiger partial charge is 0.262 e. The molecule has 0 atom stereocenters. The van der Waals surface area contributed by atoms with Crippen LogP contribution < -0.4 is 9.47 Å². The molecule has 1 aliphatic heterocycles. The molecule has 200 valence electrons. The summed E-state index contributed by atoms with van der Waals surface area (Å²) in [5.74, 6) is 1.33. The summed E-state index contributed by atoms with van der Waals surface area (Å²) in [6, 6.07) is 8.47. The molecule has 1 fully saturated rings. The summed E-state index contributed by atoms with van der Waals surface area (Å²) in [5, 5.41) is 0. The van der Waals surface area contributed by atoms with Crippen molar-refractivity contribution >= 4 is 43.7 Å². The van der Waals surface area contributed by atoms with Crippen molar-refractivity contribution in [2.75, 3.05) is 14.2 Å². The summed E-state index contributed by atoms with van der Waals surface area (Å²) < 4.78 is 13.3. The lowest BCUT2D eigenvalue weighted by Gasteiger charge is -2.31. The maximum Gasteiger partial charge on any atom is 0.262 e. The highest BCUT2D eigenvalue weighted by atomic mass is 79.9. The van der Waals surface area contributed by atoms with E-state index < -0.39 is 0 Å². The molecule has 0 aromatic heterocycles. The van der Waals surface area contributed by atoms with Crippen LogP contribution in [0.5, 0.6) is 11.5 Å². The number of benzene rings is 3. The third-order valence-electron chi connectivity index (χ3n) is 9.09. The number of methoxy groups -OCH3 is 2. The Kier molecular flexibility index (Phi) is 6.16. The molecule has 0 spiro atoms. The molecule has 0 radical (unpaired) electrons. The summed E-state index contributed by atoms with van der Waals surface area (Å²) in [6.07, 6.45) is 8.16. The number of carbonyl (C=O) groups excluding carboxylic acids is 2. The Hall–Kier alpha value is -2.64. The van der Waals surface area contributed by atoms with Gasteiger partial charge in [0.05, 0.1) is 34.3 Å². The fourth-order valence-electron chi connectivity index (χ4n) is 7.32. The minimum Gasteiger partial charge on any atom is -0.496 e. The van der Waals surface area contributed by atoms with Crippen molar-refractivity contribution in [1.82, 2.24) is 4.90 Å². The number of aryl methyl sites for hydroxylation is 2. The van der Waals surface area contributed by atoms with Gasteiger partial charge in [0.2, 0.25) is 0 Å². The highest BCUT2D eigenvalue weighted by Crippen LogP contribution is 2.53. The predicted molar refractivity (Wildman–Crippen MR) is 158 cm³/mol. The first-order valence-corrected chi connectivity index (χ1v) is 15.3. The number of ether oxygens (including phenoxy) is 2. The molecule has 0 N–H and O–H groups in total. The van der Waals surface area contributed by atoms with Crippen LogP contribution in [-0.4, -0.2) is 37.0 Å². The van der Waals surface area contributed by atoms with Gasteiger partial charge in [0, 0.05) is 6.04 Å². The molecule has 7 heteroatoms. The van der Waals surface area contributed by atoms with Gasteiger partial charge >= 0.3 is 0 Å². The molecule has 2 amide bonds. The second-order valence-electron chi connectivity index (χ2n) is 11.0. The zero-order chi connectivity index (χ0) is 27.0. The molecule has 7 rings (SSSR count). The van der Waals surface area contributed by atoms with Gasteiger partial charge in [0.25, 0.3) is 11.8 Å². The van der Waals surface area contributed by atoms with Crippen molar-refractivity contribution < 1.29 is 19.1 Å². The van der Waals surface area contributed by atoms with Gasteiger partial charge in [0.1, 0.15) is 11.5 Å². The predicted octanol–water partition coefficient (Wildman–Crippen LogP) is 7.69. The van der Waals surface area contributed by atoms with Crippen LogP contribution in [0.25, 0.3) is 22.3 Å². The summed E-state index contributed by atoms with van der Waals surface area (Å²) in [7, 11) is 3.35. The molecule has 3 aliphatic carbocycles. The van der Waals surface area contributed by atoms with Crippen LogP contribution in [0.15, 0.2) is 33.2 Å². The number of hydrogen-bond donors (Lipinski definition) is 0. The van der Waals surface area contributed by atoms with Crippen molar-refractivity contribution in [3.63, 3.8) is 0 Å². The SMILES string of the molecule is COc1cc2c(cc1Br)CCc1c3c(c4c(c1-2)-c1cc(OC)c(Br)cc1CC4)C(=O)N(C1CCCCC1)C3=O. The van der Waals surface area contributed by atoms with E-state index in [0.717, 1.165) is 105 Å². The second-order valence-corrected chi connectivity index (χ2v) is 12.7. The van der Waals surface area contributed by atoms with Crippen LogP contribution in [0.1, 0.15) is 75.1 Å². The first-order valence-electron chi connectivity index (χ1n) is 13.8. The Balaban J connectivity index is 1.56. The largest absolute Gasteiger partial charge is 0.496 e. The number of rotatable bonds is 3. The number of hydrogen-bond acceptors (Lipinski definition) is 4. The maximum absolute atomic E-state index is 14.2. The van der Waals surface area contributed by atoms with Gasteiger partial charge in [-0.15, -0.1) is 0 Å². The third kappa shape index (κ3) is 3.68. The van der Waals surface area contributed by atoms with Crippen LogP contribution >= 0.6 is 31.9 Å². The topological polar surface area (TPSA) is 55.8 Å². The molecule has 0 unspecified atom stereocenters. The number of halogens is 2. The van der Waals surface area contributed by atoms with E-state index in [-0.39, 0.29) is 17.9 Å². The highest BCUT2D eigenvalue weighted by molar-refractivity contribution is 9.10. The zero-order valence-corrected chi connectivity index (χ0v) is 25.3. The molecule has 5 nitrogen and oxygen atoms in total. The standard InChI is InChI=1S/C32H29Br2NO4/c1-38-25-14-21-16(12-23(25)33)8-10-19-27(21)28-20(11-9-17-13-24(34)26(39-2)15-22(17)28)30-29(19)31(36)35(32(30)37)18-6-4-3-5-7-18/h12-15,18H,3-11H2,1-2H3. The van der Waals surface area contributed by atoms with Gasteiger partial charge in [-0.2, -0.15) is 0 Å². The highest BCUT2D eigenvalue weighted by Gasteiger charge is 2.46. The van der Waals surface area contributed by atoms with Crippen LogP contribution in [0.2, 0.25) is 0 Å². The fourth-order valence-corrected chi connectivity index (χ4v) is 8.43. The lowest BCUT2D eigenvalue weighted by Crippen LogP contribution is -2.41. The van der Waals surface area contributed by atoms with E-state index in [0.29, 0.717) is 11.1 Å². The van der Waals surface area contributed by atoms with Gasteiger partial charge in [-0.05, 0) is 139 Å². The minimum absolute atomic E-state index is 0.00342. The monoisotopic (exact) mass is 649 g/mol. The Labute approximate surface area is 245 Å². The average molecular weight is 651 g/mol. The maximum atomic E-state index is 14.2. The average Bonchev–Trinajstić information content (AvgIpc) is 3.22. The minimum atomic E-state index is -0.0901. The van der Waals surface area contributed by atoms with Gasteiger partial charge < -0.3 is 9.47 Å². The number of carbonyl (C=O) groups is 2. The van der Waals surface area contributed by atoms with E-state index in [2.05, 4.69) is 56.1 Å². The number of fused-ring (bicyclic) bond motifs is 10. The number of imide groups is 1. The van der Waals surface area contributed by atoms with Crippen molar-refractivity contribution in [2.45, 2.75) is 63.8 Å². The Morgan fingerprint density at radius 2 is 1.13 bits per heavy atom. The van der Waals surface area contributed by atoms with E-state index in [1.165, 1.54) is 17.5 Å². The van der Waals surface area contributed by atoms with Crippen molar-refractivity contribution in [3.05, 3.63) is 66.6 Å². The van der Waals surface area contributed by atoms with E-state index in [1.807, 2.05) is 0 Å². The molecule has 4 aliphatic rings. The van der Waals surface area contributed by atoms with Gasteiger partial charge in [-0.3, -0.25) is 14.5 Å². The normalized spacial score (nSPS) is 17.8. The molecule has 3 aromatic carbocycles. The Bertz CT molecular complexity index is 1480. The van der Waals surface area contributed by atoms with Crippen LogP contribution in [-0.2, 0) is 25.7 Å². The van der Waals surface area contributed by atoms with Gasteiger partial charge in [-0.25, -0.2) is 0 Å². The molecular weight excluding hydrogens is 622 g/mol. The van der Waals surface area contributed by atoms with Crippen molar-refractivity contribution in [2.24, 2.45) is 0 Å². The lowest BCUT2D eigenvalue weighted by atomic mass is 9.72. The number of amides is 2. The van der Waals surface area contributed by atoms with E-state index in [4.69, 9.17) is 9.47 Å². The van der Waals surface area contributed by atoms with E-state index >= 15 is 0 Å². The quantitative estimate of drug-likeness (QED) is 0.273. The van der Waals surface area contributed by atoms with Crippen molar-refractivity contribution in [3.8, 4) is 33.8 Å². The second kappa shape index (κ2) is 9.48. The van der Waals surface area contributed by atoms with Crippen LogP contribution in [0.4, 0.5) is 0 Å². The van der Waals surface area contributed by atoms with Crippen LogP contribution in [0.3, 0.4) is 0 Å². The van der Waals surface area contributed by atoms with Gasteiger partial charge in [-0.1, -0.05) is 19.3 Å². The summed E-state index contributed by atoms with van der Waals surface area (Å²) in [4.78, 5) is 30.0. The summed E-state index contributed by atoms with van der Waals surface area (Å²) in [5.41, 5.74) is 10.1.